The van der Waals surface area contributed by atoms with Crippen molar-refractivity contribution in [3.05, 3.63) is 0 Å². The molecule has 1 nitrogen and oxygen atoms in total. The van der Waals surface area contributed by atoms with Crippen molar-refractivity contribution in [3.63, 3.8) is 0 Å². The first kappa shape index (κ1) is 8.83. The van der Waals surface area contributed by atoms with Crippen molar-refractivity contribution in [2.45, 2.75) is 50.6 Å². The lowest BCUT2D eigenvalue weighted by molar-refractivity contribution is 0.321. The molecule has 2 aliphatic heterocycles. The van der Waals surface area contributed by atoms with E-state index in [4.69, 9.17) is 11.6 Å². The SMILES string of the molecule is CC(C)C1C[C@@H]2CC(Cl)CC1N2. The standard InChI is InChI=1S/C10H18ClN/c1-6(2)9-5-8-3-7(11)4-10(9)12-8/h6-10,12H,3-5H2,1-2H3/t7?,8-,9?,10?/m0/s1. The summed E-state index contributed by atoms with van der Waals surface area (Å²) in [6.45, 7) is 4.66. The van der Waals surface area contributed by atoms with Crippen molar-refractivity contribution in [3.8, 4) is 0 Å². The number of piperidine rings is 1. The maximum absolute atomic E-state index is 6.18. The fourth-order valence-electron chi connectivity index (χ4n) is 2.81. The second-order valence-corrected chi connectivity index (χ2v) is 5.30. The van der Waals surface area contributed by atoms with E-state index in [1.54, 1.807) is 0 Å². The van der Waals surface area contributed by atoms with Gasteiger partial charge in [0, 0.05) is 17.5 Å². The Kier molecular flexibility index (Phi) is 2.35. The van der Waals surface area contributed by atoms with Crippen molar-refractivity contribution in [1.82, 2.24) is 5.32 Å². The van der Waals surface area contributed by atoms with Gasteiger partial charge in [-0.05, 0) is 31.1 Å². The minimum absolute atomic E-state index is 0.435. The lowest BCUT2D eigenvalue weighted by Crippen LogP contribution is -2.40. The molecule has 1 N–H and O–H groups in total. The number of hydrogen-bond donors (Lipinski definition) is 1. The van der Waals surface area contributed by atoms with Crippen molar-refractivity contribution in [2.75, 3.05) is 0 Å². The van der Waals surface area contributed by atoms with E-state index >= 15 is 0 Å². The van der Waals surface area contributed by atoms with E-state index in [-0.39, 0.29) is 0 Å². The highest BCUT2D eigenvalue weighted by Crippen LogP contribution is 2.37. The zero-order valence-electron chi connectivity index (χ0n) is 7.89. The highest BCUT2D eigenvalue weighted by Gasteiger charge is 2.40. The van der Waals surface area contributed by atoms with Gasteiger partial charge in [-0.15, -0.1) is 11.6 Å². The van der Waals surface area contributed by atoms with Gasteiger partial charge in [-0.1, -0.05) is 13.8 Å². The summed E-state index contributed by atoms with van der Waals surface area (Å²) in [5, 5.41) is 4.10. The predicted molar refractivity (Wildman–Crippen MR) is 52.5 cm³/mol. The van der Waals surface area contributed by atoms with Gasteiger partial charge in [0.05, 0.1) is 0 Å². The number of hydrogen-bond acceptors (Lipinski definition) is 1. The summed E-state index contributed by atoms with van der Waals surface area (Å²) in [7, 11) is 0. The minimum atomic E-state index is 0.435. The molecule has 0 saturated carbocycles. The Balaban J connectivity index is 2.04. The summed E-state index contributed by atoms with van der Waals surface area (Å²) in [6, 6.07) is 1.44. The fourth-order valence-corrected chi connectivity index (χ4v) is 3.22. The molecule has 2 bridgehead atoms. The van der Waals surface area contributed by atoms with Crippen LogP contribution in [-0.2, 0) is 0 Å². The summed E-state index contributed by atoms with van der Waals surface area (Å²) >= 11 is 6.18. The molecule has 3 unspecified atom stereocenters. The average Bonchev–Trinajstić information content (AvgIpc) is 2.26. The van der Waals surface area contributed by atoms with Crippen LogP contribution >= 0.6 is 11.6 Å². The van der Waals surface area contributed by atoms with Crippen LogP contribution in [0.3, 0.4) is 0 Å². The molecule has 0 spiro atoms. The van der Waals surface area contributed by atoms with E-state index in [1.165, 1.54) is 19.3 Å². The van der Waals surface area contributed by atoms with Crippen LogP contribution in [0.25, 0.3) is 0 Å². The molecule has 2 fully saturated rings. The van der Waals surface area contributed by atoms with Gasteiger partial charge in [-0.25, -0.2) is 0 Å². The van der Waals surface area contributed by atoms with E-state index < -0.39 is 0 Å². The van der Waals surface area contributed by atoms with Crippen LogP contribution < -0.4 is 5.32 Å². The van der Waals surface area contributed by atoms with Gasteiger partial charge in [-0.2, -0.15) is 0 Å². The molecule has 70 valence electrons. The first-order valence-corrected chi connectivity index (χ1v) is 5.50. The molecule has 2 rings (SSSR count). The van der Waals surface area contributed by atoms with E-state index in [9.17, 15) is 0 Å². The maximum atomic E-state index is 6.18. The maximum Gasteiger partial charge on any atom is 0.0365 e. The van der Waals surface area contributed by atoms with Crippen LogP contribution in [0.15, 0.2) is 0 Å². The molecule has 0 aromatic carbocycles. The van der Waals surface area contributed by atoms with Gasteiger partial charge < -0.3 is 5.32 Å². The first-order valence-electron chi connectivity index (χ1n) is 5.07. The van der Waals surface area contributed by atoms with Gasteiger partial charge >= 0.3 is 0 Å². The van der Waals surface area contributed by atoms with E-state index in [0.717, 1.165) is 17.9 Å². The summed E-state index contributed by atoms with van der Waals surface area (Å²) < 4.78 is 0. The van der Waals surface area contributed by atoms with Gasteiger partial charge in [0.25, 0.3) is 0 Å². The Labute approximate surface area is 79.9 Å². The molecule has 0 amide bonds. The smallest absolute Gasteiger partial charge is 0.0365 e. The highest BCUT2D eigenvalue weighted by molar-refractivity contribution is 6.20. The minimum Gasteiger partial charge on any atom is -0.311 e. The first-order chi connectivity index (χ1) is 5.66. The monoisotopic (exact) mass is 187 g/mol. The molecule has 12 heavy (non-hydrogen) atoms. The van der Waals surface area contributed by atoms with Crippen molar-refractivity contribution < 1.29 is 0 Å². The third kappa shape index (κ3) is 1.49. The molecule has 0 aromatic heterocycles. The zero-order valence-corrected chi connectivity index (χ0v) is 8.64. The number of nitrogens with one attached hydrogen (secondary N) is 1. The molecular formula is C10H18ClN. The van der Waals surface area contributed by atoms with Crippen molar-refractivity contribution >= 4 is 11.6 Å². The summed E-state index contributed by atoms with van der Waals surface area (Å²) in [4.78, 5) is 0. The molecule has 2 aliphatic rings. The van der Waals surface area contributed by atoms with E-state index in [2.05, 4.69) is 19.2 Å². The van der Waals surface area contributed by atoms with Crippen LogP contribution in [0.5, 0.6) is 0 Å². The Morgan fingerprint density at radius 2 is 2.00 bits per heavy atom. The fraction of sp³-hybridized carbons (Fsp3) is 1.00. The lowest BCUT2D eigenvalue weighted by Gasteiger charge is -2.27. The topological polar surface area (TPSA) is 12.0 Å². The van der Waals surface area contributed by atoms with Gasteiger partial charge in [0.15, 0.2) is 0 Å². The van der Waals surface area contributed by atoms with Gasteiger partial charge in [-0.3, -0.25) is 0 Å². The number of fused-ring (bicyclic) bond motifs is 2. The third-order valence-corrected chi connectivity index (χ3v) is 3.79. The zero-order chi connectivity index (χ0) is 8.72. The van der Waals surface area contributed by atoms with Crippen molar-refractivity contribution in [2.24, 2.45) is 11.8 Å². The highest BCUT2D eigenvalue weighted by atomic mass is 35.5. The molecular weight excluding hydrogens is 170 g/mol. The predicted octanol–water partition coefficient (Wildman–Crippen LogP) is 2.39. The lowest BCUT2D eigenvalue weighted by atomic mass is 9.88. The molecule has 2 saturated heterocycles. The molecule has 0 aliphatic carbocycles. The summed E-state index contributed by atoms with van der Waals surface area (Å²) in [5.41, 5.74) is 0. The van der Waals surface area contributed by atoms with E-state index in [1.807, 2.05) is 0 Å². The Morgan fingerprint density at radius 1 is 1.25 bits per heavy atom. The van der Waals surface area contributed by atoms with Gasteiger partial charge in [0.2, 0.25) is 0 Å². The average molecular weight is 188 g/mol. The number of alkyl halides is 1. The number of halogens is 1. The molecule has 0 radical (unpaired) electrons. The Bertz CT molecular complexity index is 169. The molecule has 2 heterocycles. The van der Waals surface area contributed by atoms with Crippen LogP contribution in [-0.4, -0.2) is 17.5 Å². The second-order valence-electron chi connectivity index (χ2n) is 4.68. The normalized spacial score (nSPS) is 47.0. The molecule has 0 aromatic rings. The quantitative estimate of drug-likeness (QED) is 0.622. The van der Waals surface area contributed by atoms with Crippen LogP contribution in [0.4, 0.5) is 0 Å². The summed E-state index contributed by atoms with van der Waals surface area (Å²) in [5.74, 6) is 1.69. The van der Waals surface area contributed by atoms with Crippen molar-refractivity contribution in [1.29, 1.82) is 0 Å². The number of rotatable bonds is 1. The second kappa shape index (κ2) is 3.19. The molecule has 4 atom stereocenters. The van der Waals surface area contributed by atoms with Crippen LogP contribution in [0.1, 0.15) is 33.1 Å². The van der Waals surface area contributed by atoms with Crippen LogP contribution in [0.2, 0.25) is 0 Å². The Morgan fingerprint density at radius 3 is 2.67 bits per heavy atom. The third-order valence-electron chi connectivity index (χ3n) is 3.43. The van der Waals surface area contributed by atoms with E-state index in [0.29, 0.717) is 11.4 Å². The molecule has 2 heteroatoms. The van der Waals surface area contributed by atoms with Crippen LogP contribution in [0, 0.1) is 11.8 Å². The largest absolute Gasteiger partial charge is 0.311 e. The Hall–Kier alpha value is 0.250. The summed E-state index contributed by atoms with van der Waals surface area (Å²) in [6.07, 6.45) is 3.72. The van der Waals surface area contributed by atoms with Gasteiger partial charge in [0.1, 0.15) is 0 Å².